The van der Waals surface area contributed by atoms with Gasteiger partial charge in [-0.15, -0.1) is 0 Å². The Morgan fingerprint density at radius 2 is 1.83 bits per heavy atom. The smallest absolute Gasteiger partial charge is 0.262 e. The molecule has 3 aromatic rings. The van der Waals surface area contributed by atoms with Gasteiger partial charge in [-0.1, -0.05) is 30.3 Å². The molecule has 0 bridgehead atoms. The summed E-state index contributed by atoms with van der Waals surface area (Å²) in [6, 6.07) is 17.2. The van der Waals surface area contributed by atoms with Gasteiger partial charge in [0.25, 0.3) is 5.91 Å². The number of rotatable bonds is 7. The maximum atomic E-state index is 12.4. The number of nitrogens with one attached hydrogen (secondary N) is 2. The van der Waals surface area contributed by atoms with Gasteiger partial charge in [0, 0.05) is 5.69 Å². The van der Waals surface area contributed by atoms with Crippen molar-refractivity contribution in [2.75, 3.05) is 19.5 Å². The minimum absolute atomic E-state index is 0.242. The lowest BCUT2D eigenvalue weighted by molar-refractivity contribution is -0.121. The summed E-state index contributed by atoms with van der Waals surface area (Å²) in [6.45, 7) is 1.78. The van der Waals surface area contributed by atoms with Crippen molar-refractivity contribution in [3.8, 4) is 11.5 Å². The van der Waals surface area contributed by atoms with Crippen molar-refractivity contribution in [2.24, 2.45) is 5.10 Å². The highest BCUT2D eigenvalue weighted by Gasteiger charge is 2.12. The molecule has 3 rings (SSSR count). The normalized spacial score (nSPS) is 12.0. The van der Waals surface area contributed by atoms with Crippen molar-refractivity contribution in [3.05, 3.63) is 64.6 Å². The van der Waals surface area contributed by atoms with Gasteiger partial charge in [0.05, 0.1) is 24.9 Å². The van der Waals surface area contributed by atoms with Crippen LogP contribution in [0, 0.1) is 0 Å². The zero-order valence-electron chi connectivity index (χ0n) is 16.4. The first-order valence-electron chi connectivity index (χ1n) is 9.01. The van der Waals surface area contributed by atoms with Crippen LogP contribution in [0.25, 0.3) is 10.8 Å². The van der Waals surface area contributed by atoms with E-state index in [1.165, 1.54) is 0 Å². The van der Waals surface area contributed by atoms with Gasteiger partial charge in [0.15, 0.2) is 11.5 Å². The molecule has 1 atom stereocenters. The molecule has 0 saturated heterocycles. The number of hydrogen-bond acceptors (Lipinski definition) is 5. The Hall–Kier alpha value is -3.06. The molecule has 29 heavy (non-hydrogen) atoms. The fourth-order valence-corrected chi connectivity index (χ4v) is 3.50. The lowest BCUT2D eigenvalue weighted by Crippen LogP contribution is -2.34. The van der Waals surface area contributed by atoms with E-state index in [-0.39, 0.29) is 5.91 Å². The van der Waals surface area contributed by atoms with Crippen LogP contribution in [0.5, 0.6) is 11.5 Å². The van der Waals surface area contributed by atoms with Crippen molar-refractivity contribution in [2.45, 2.75) is 13.0 Å². The van der Waals surface area contributed by atoms with Crippen LogP contribution in [0.1, 0.15) is 12.5 Å². The van der Waals surface area contributed by atoms with Crippen LogP contribution in [0.15, 0.2) is 64.2 Å². The van der Waals surface area contributed by atoms with Crippen molar-refractivity contribution in [3.63, 3.8) is 0 Å². The summed E-state index contributed by atoms with van der Waals surface area (Å²) in [5.74, 6) is 0.928. The van der Waals surface area contributed by atoms with Crippen LogP contribution in [0.3, 0.4) is 0 Å². The highest BCUT2D eigenvalue weighted by atomic mass is 79.9. The van der Waals surface area contributed by atoms with Crippen molar-refractivity contribution < 1.29 is 14.3 Å². The Bertz CT molecular complexity index is 1050. The van der Waals surface area contributed by atoms with Crippen molar-refractivity contribution in [1.82, 2.24) is 5.43 Å². The topological polar surface area (TPSA) is 72.0 Å². The van der Waals surface area contributed by atoms with Gasteiger partial charge in [0.2, 0.25) is 0 Å². The Kier molecular flexibility index (Phi) is 6.72. The number of fused-ring (bicyclic) bond motifs is 1. The number of hydrazone groups is 1. The molecular formula is C22H22BrN3O3. The molecule has 7 heteroatoms. The number of nitrogens with zero attached hydrogens (tertiary/aromatic N) is 1. The standard InChI is InChI=1S/C22H22BrN3O3/c1-14(25-18-9-8-16-6-4-5-7-17(16)12-18)22(27)26-24-13-15-10-19(23)21(29-3)20(11-15)28-2/h4-14,25H,1-3H3,(H,26,27)/b24-13-/t14-/m0/s1. The van der Waals surface area contributed by atoms with Crippen LogP contribution >= 0.6 is 15.9 Å². The molecule has 0 spiro atoms. The second-order valence-electron chi connectivity index (χ2n) is 6.40. The Morgan fingerprint density at radius 3 is 2.55 bits per heavy atom. The average Bonchev–Trinajstić information content (AvgIpc) is 2.73. The molecule has 3 aromatic carbocycles. The number of carbonyl (C=O) groups excluding carboxylic acids is 1. The third-order valence-corrected chi connectivity index (χ3v) is 4.96. The van der Waals surface area contributed by atoms with Gasteiger partial charge < -0.3 is 14.8 Å². The van der Waals surface area contributed by atoms with Gasteiger partial charge in [-0.3, -0.25) is 4.79 Å². The molecule has 0 unspecified atom stereocenters. The third-order valence-electron chi connectivity index (χ3n) is 4.37. The van der Waals surface area contributed by atoms with E-state index < -0.39 is 6.04 Å². The monoisotopic (exact) mass is 455 g/mol. The summed E-state index contributed by atoms with van der Waals surface area (Å²) in [4.78, 5) is 12.4. The average molecular weight is 456 g/mol. The lowest BCUT2D eigenvalue weighted by Gasteiger charge is -2.14. The van der Waals surface area contributed by atoms with Crippen LogP contribution in [-0.2, 0) is 4.79 Å². The molecule has 0 saturated carbocycles. The first-order valence-corrected chi connectivity index (χ1v) is 9.81. The highest BCUT2D eigenvalue weighted by molar-refractivity contribution is 9.10. The van der Waals surface area contributed by atoms with E-state index in [9.17, 15) is 4.79 Å². The molecule has 0 fully saturated rings. The minimum Gasteiger partial charge on any atom is -0.493 e. The molecule has 0 aliphatic rings. The molecule has 0 radical (unpaired) electrons. The molecule has 0 aliphatic carbocycles. The maximum Gasteiger partial charge on any atom is 0.262 e. The van der Waals surface area contributed by atoms with Crippen LogP contribution in [-0.4, -0.2) is 32.4 Å². The highest BCUT2D eigenvalue weighted by Crippen LogP contribution is 2.35. The number of benzene rings is 3. The van der Waals surface area contributed by atoms with E-state index in [0.717, 1.165) is 26.5 Å². The minimum atomic E-state index is -0.453. The zero-order chi connectivity index (χ0) is 20.8. The first kappa shape index (κ1) is 20.7. The number of methoxy groups -OCH3 is 2. The number of amides is 1. The SMILES string of the molecule is COc1cc(/C=N\NC(=O)[C@H](C)Nc2ccc3ccccc3c2)cc(Br)c1OC. The van der Waals surface area contributed by atoms with Gasteiger partial charge in [-0.05, 0) is 63.5 Å². The Morgan fingerprint density at radius 1 is 1.07 bits per heavy atom. The number of carbonyl (C=O) groups is 1. The van der Waals surface area contributed by atoms with E-state index in [1.54, 1.807) is 33.4 Å². The molecular weight excluding hydrogens is 434 g/mol. The second-order valence-corrected chi connectivity index (χ2v) is 7.25. The molecule has 2 N–H and O–H groups in total. The molecule has 0 aromatic heterocycles. The number of halogens is 1. The summed E-state index contributed by atoms with van der Waals surface area (Å²) in [7, 11) is 3.13. The van der Waals surface area contributed by atoms with Gasteiger partial charge in [0.1, 0.15) is 6.04 Å². The van der Waals surface area contributed by atoms with Crippen LogP contribution < -0.4 is 20.2 Å². The zero-order valence-corrected chi connectivity index (χ0v) is 18.0. The van der Waals surface area contributed by atoms with E-state index >= 15 is 0 Å². The Balaban J connectivity index is 1.63. The molecule has 1 amide bonds. The largest absolute Gasteiger partial charge is 0.493 e. The predicted molar refractivity (Wildman–Crippen MR) is 120 cm³/mol. The third kappa shape index (κ3) is 5.06. The first-order chi connectivity index (χ1) is 14.0. The summed E-state index contributed by atoms with van der Waals surface area (Å²) in [5, 5.41) is 9.51. The van der Waals surface area contributed by atoms with E-state index in [4.69, 9.17) is 9.47 Å². The predicted octanol–water partition coefficient (Wildman–Crippen LogP) is 4.57. The molecule has 6 nitrogen and oxygen atoms in total. The summed E-state index contributed by atoms with van der Waals surface area (Å²) in [5.41, 5.74) is 4.18. The van der Waals surface area contributed by atoms with Crippen molar-refractivity contribution >= 4 is 44.5 Å². The Labute approximate surface area is 178 Å². The van der Waals surface area contributed by atoms with Gasteiger partial charge in [-0.2, -0.15) is 5.10 Å². The second kappa shape index (κ2) is 9.43. The van der Waals surface area contributed by atoms with Gasteiger partial charge in [-0.25, -0.2) is 5.43 Å². The summed E-state index contributed by atoms with van der Waals surface area (Å²) >= 11 is 3.43. The molecule has 0 heterocycles. The van der Waals surface area contributed by atoms with Crippen molar-refractivity contribution in [1.29, 1.82) is 0 Å². The molecule has 150 valence electrons. The quantitative estimate of drug-likeness (QED) is 0.404. The number of anilines is 1. The number of ether oxygens (including phenoxy) is 2. The van der Waals surface area contributed by atoms with Gasteiger partial charge >= 0.3 is 0 Å². The maximum absolute atomic E-state index is 12.4. The molecule has 0 aliphatic heterocycles. The fraction of sp³-hybridized carbons (Fsp3) is 0.182. The van der Waals surface area contributed by atoms with E-state index in [1.807, 2.05) is 42.5 Å². The summed E-state index contributed by atoms with van der Waals surface area (Å²) in [6.07, 6.45) is 1.55. The lowest BCUT2D eigenvalue weighted by atomic mass is 10.1. The van der Waals surface area contributed by atoms with E-state index in [0.29, 0.717) is 11.5 Å². The summed E-state index contributed by atoms with van der Waals surface area (Å²) < 4.78 is 11.3. The van der Waals surface area contributed by atoms with E-state index in [2.05, 4.69) is 37.8 Å². The fourth-order valence-electron chi connectivity index (χ4n) is 2.87. The number of hydrogen-bond donors (Lipinski definition) is 2. The van der Waals surface area contributed by atoms with Crippen LogP contribution in [0.4, 0.5) is 5.69 Å². The van der Waals surface area contributed by atoms with Crippen LogP contribution in [0.2, 0.25) is 0 Å².